The van der Waals surface area contributed by atoms with E-state index in [1.807, 2.05) is 24.3 Å². The minimum Gasteiger partial charge on any atom is -0.481 e. The number of hydrogen-bond acceptors (Lipinski definition) is 2. The summed E-state index contributed by atoms with van der Waals surface area (Å²) >= 11 is 3.40. The van der Waals surface area contributed by atoms with E-state index in [4.69, 9.17) is 5.11 Å². The molecule has 1 aliphatic carbocycles. The van der Waals surface area contributed by atoms with Crippen molar-refractivity contribution in [1.29, 1.82) is 0 Å². The number of aliphatic carboxylic acids is 1. The largest absolute Gasteiger partial charge is 0.481 e. The first kappa shape index (κ1) is 16.3. The highest BCUT2D eigenvalue weighted by Crippen LogP contribution is 2.50. The fraction of sp³-hybridized carbons (Fsp3) is 0.467. The molecule has 3 rings (SSSR count). The van der Waals surface area contributed by atoms with Crippen LogP contribution in [0.15, 0.2) is 28.7 Å². The van der Waals surface area contributed by atoms with E-state index in [1.54, 1.807) is 4.90 Å². The first-order chi connectivity index (χ1) is 9.53. The molecule has 2 fully saturated rings. The van der Waals surface area contributed by atoms with Crippen molar-refractivity contribution >= 4 is 40.2 Å². The summed E-state index contributed by atoms with van der Waals surface area (Å²) in [6.45, 7) is 0.917. The summed E-state index contributed by atoms with van der Waals surface area (Å²) in [5.41, 5.74) is 0.651. The number of rotatable bonds is 3. The molecule has 1 aromatic carbocycles. The molecule has 4 nitrogen and oxygen atoms in total. The summed E-state index contributed by atoms with van der Waals surface area (Å²) in [4.78, 5) is 25.4. The van der Waals surface area contributed by atoms with Crippen LogP contribution in [0.1, 0.15) is 24.8 Å². The molecule has 114 valence electrons. The van der Waals surface area contributed by atoms with Crippen LogP contribution >= 0.6 is 28.3 Å². The van der Waals surface area contributed by atoms with Crippen molar-refractivity contribution in [2.75, 3.05) is 13.1 Å². The van der Waals surface area contributed by atoms with Gasteiger partial charge in [0, 0.05) is 17.6 Å². The van der Waals surface area contributed by atoms with Crippen LogP contribution in [-0.4, -0.2) is 35.0 Å². The number of nitrogens with zero attached hydrogens (tertiary/aromatic N) is 1. The SMILES string of the molecule is Cl.O=C(O)C1CCN(C(=O)C2(c3ccc(Br)cc3)CC2)C1. The summed E-state index contributed by atoms with van der Waals surface area (Å²) in [5.74, 6) is -1.10. The smallest absolute Gasteiger partial charge is 0.308 e. The first-order valence-corrected chi connectivity index (χ1v) is 7.60. The molecule has 1 unspecified atom stereocenters. The number of likely N-dealkylation sites (tertiary alicyclic amines) is 1. The molecular weight excluding hydrogens is 358 g/mol. The summed E-state index contributed by atoms with van der Waals surface area (Å²) in [6.07, 6.45) is 2.29. The number of hydrogen-bond donors (Lipinski definition) is 1. The number of carboxylic acid groups (broad SMARTS) is 1. The third-order valence-electron chi connectivity index (χ3n) is 4.38. The monoisotopic (exact) mass is 373 g/mol. The van der Waals surface area contributed by atoms with Crippen molar-refractivity contribution < 1.29 is 14.7 Å². The highest BCUT2D eigenvalue weighted by atomic mass is 79.9. The highest BCUT2D eigenvalue weighted by Gasteiger charge is 2.53. The Balaban J connectivity index is 0.00000161. The van der Waals surface area contributed by atoms with Gasteiger partial charge in [-0.15, -0.1) is 12.4 Å². The van der Waals surface area contributed by atoms with E-state index in [2.05, 4.69) is 15.9 Å². The molecule has 1 aliphatic heterocycles. The molecule has 1 saturated carbocycles. The van der Waals surface area contributed by atoms with Gasteiger partial charge in [0.2, 0.25) is 5.91 Å². The molecule has 21 heavy (non-hydrogen) atoms. The lowest BCUT2D eigenvalue weighted by molar-refractivity contribution is -0.141. The van der Waals surface area contributed by atoms with E-state index in [0.717, 1.165) is 22.9 Å². The summed E-state index contributed by atoms with van der Waals surface area (Å²) in [5, 5.41) is 9.04. The lowest BCUT2D eigenvalue weighted by atomic mass is 9.94. The van der Waals surface area contributed by atoms with E-state index in [0.29, 0.717) is 19.5 Å². The minimum absolute atomic E-state index is 0. The van der Waals surface area contributed by atoms with E-state index in [9.17, 15) is 9.59 Å². The van der Waals surface area contributed by atoms with Crippen molar-refractivity contribution in [3.05, 3.63) is 34.3 Å². The van der Waals surface area contributed by atoms with Gasteiger partial charge in [0.25, 0.3) is 0 Å². The molecule has 0 aromatic heterocycles. The van der Waals surface area contributed by atoms with Crippen molar-refractivity contribution in [3.8, 4) is 0 Å². The van der Waals surface area contributed by atoms with Crippen LogP contribution in [0.3, 0.4) is 0 Å². The molecule has 2 aliphatic rings. The molecule has 0 radical (unpaired) electrons. The molecular formula is C15H17BrClNO3. The second-order valence-corrected chi connectivity index (χ2v) is 6.58. The predicted molar refractivity (Wildman–Crippen MR) is 84.6 cm³/mol. The Kier molecular flexibility index (Phi) is 4.63. The standard InChI is InChI=1S/C15H16BrNO3.ClH/c16-12-3-1-11(2-4-12)15(6-7-15)14(20)17-8-5-10(9-17)13(18)19;/h1-4,10H,5-9H2,(H,18,19);1H. The van der Waals surface area contributed by atoms with Gasteiger partial charge in [-0.3, -0.25) is 9.59 Å². The number of halogens is 2. The van der Waals surface area contributed by atoms with Crippen LogP contribution in [0.4, 0.5) is 0 Å². The van der Waals surface area contributed by atoms with Gasteiger partial charge in [-0.05, 0) is 37.0 Å². The second kappa shape index (κ2) is 5.97. The molecule has 0 spiro atoms. The van der Waals surface area contributed by atoms with E-state index in [1.165, 1.54) is 0 Å². The number of carboxylic acids is 1. The minimum atomic E-state index is -0.797. The Morgan fingerprint density at radius 1 is 1.24 bits per heavy atom. The quantitative estimate of drug-likeness (QED) is 0.885. The maximum Gasteiger partial charge on any atom is 0.308 e. The Morgan fingerprint density at radius 3 is 2.33 bits per heavy atom. The average molecular weight is 375 g/mol. The van der Waals surface area contributed by atoms with Crippen LogP contribution < -0.4 is 0 Å². The van der Waals surface area contributed by atoms with Gasteiger partial charge in [0.1, 0.15) is 0 Å². The number of benzene rings is 1. The van der Waals surface area contributed by atoms with Crippen molar-refractivity contribution in [2.24, 2.45) is 5.92 Å². The second-order valence-electron chi connectivity index (χ2n) is 5.66. The topological polar surface area (TPSA) is 57.6 Å². The number of amides is 1. The summed E-state index contributed by atoms with van der Waals surface area (Å²) in [7, 11) is 0. The van der Waals surface area contributed by atoms with E-state index < -0.39 is 17.3 Å². The fourth-order valence-electron chi connectivity index (χ4n) is 2.97. The first-order valence-electron chi connectivity index (χ1n) is 6.81. The number of carbonyl (C=O) groups is 2. The summed E-state index contributed by atoms with van der Waals surface area (Å²) in [6, 6.07) is 7.87. The lowest BCUT2D eigenvalue weighted by Gasteiger charge is -2.23. The lowest BCUT2D eigenvalue weighted by Crippen LogP contribution is -2.38. The van der Waals surface area contributed by atoms with Gasteiger partial charge in [-0.1, -0.05) is 28.1 Å². The third kappa shape index (κ3) is 2.94. The third-order valence-corrected chi connectivity index (χ3v) is 4.91. The van der Waals surface area contributed by atoms with Crippen molar-refractivity contribution in [1.82, 2.24) is 4.90 Å². The fourth-order valence-corrected chi connectivity index (χ4v) is 3.23. The van der Waals surface area contributed by atoms with Crippen molar-refractivity contribution in [3.63, 3.8) is 0 Å². The maximum absolute atomic E-state index is 12.7. The maximum atomic E-state index is 12.7. The molecule has 1 atom stereocenters. The Morgan fingerprint density at radius 2 is 1.86 bits per heavy atom. The van der Waals surface area contributed by atoms with E-state index in [-0.39, 0.29) is 18.3 Å². The van der Waals surface area contributed by atoms with Crippen LogP contribution in [0.25, 0.3) is 0 Å². The Bertz CT molecular complexity index is 557. The van der Waals surface area contributed by atoms with Gasteiger partial charge in [0.15, 0.2) is 0 Å². The van der Waals surface area contributed by atoms with E-state index >= 15 is 0 Å². The molecule has 1 heterocycles. The normalized spacial score (nSPS) is 22.5. The van der Waals surface area contributed by atoms with Crippen LogP contribution in [0, 0.1) is 5.92 Å². The Hall–Kier alpha value is -1.07. The van der Waals surface area contributed by atoms with Gasteiger partial charge < -0.3 is 10.0 Å². The zero-order valence-corrected chi connectivity index (χ0v) is 13.8. The van der Waals surface area contributed by atoms with Gasteiger partial charge >= 0.3 is 5.97 Å². The Labute approximate surface area is 138 Å². The zero-order chi connectivity index (χ0) is 14.3. The number of carbonyl (C=O) groups excluding carboxylic acids is 1. The van der Waals surface area contributed by atoms with Gasteiger partial charge in [-0.25, -0.2) is 0 Å². The van der Waals surface area contributed by atoms with Crippen LogP contribution in [-0.2, 0) is 15.0 Å². The molecule has 0 bridgehead atoms. The van der Waals surface area contributed by atoms with Crippen LogP contribution in [0.2, 0.25) is 0 Å². The van der Waals surface area contributed by atoms with Crippen LogP contribution in [0.5, 0.6) is 0 Å². The molecule has 1 N–H and O–H groups in total. The average Bonchev–Trinajstić information content (AvgIpc) is 3.08. The molecule has 1 saturated heterocycles. The molecule has 1 amide bonds. The molecule has 1 aromatic rings. The highest BCUT2D eigenvalue weighted by molar-refractivity contribution is 9.10. The summed E-state index contributed by atoms with van der Waals surface area (Å²) < 4.78 is 0.997. The van der Waals surface area contributed by atoms with Gasteiger partial charge in [0.05, 0.1) is 11.3 Å². The zero-order valence-electron chi connectivity index (χ0n) is 11.4. The molecule has 6 heteroatoms. The van der Waals surface area contributed by atoms with Gasteiger partial charge in [-0.2, -0.15) is 0 Å². The predicted octanol–water partition coefficient (Wildman–Crippen LogP) is 2.84. The van der Waals surface area contributed by atoms with Crippen molar-refractivity contribution in [2.45, 2.75) is 24.7 Å².